The molecule has 1 amide bonds. The van der Waals surface area contributed by atoms with E-state index in [9.17, 15) is 9.18 Å². The third kappa shape index (κ3) is 7.06. The Morgan fingerprint density at radius 2 is 2.00 bits per heavy atom. The number of hydrogen-bond donors (Lipinski definition) is 1. The monoisotopic (exact) mass is 541 g/mol. The van der Waals surface area contributed by atoms with Crippen LogP contribution in [0.1, 0.15) is 72.6 Å². The molecule has 6 heteroatoms. The highest BCUT2D eigenvalue weighted by Gasteiger charge is 2.25. The van der Waals surface area contributed by atoms with Crippen LogP contribution < -0.4 is 9.62 Å². The van der Waals surface area contributed by atoms with Crippen molar-refractivity contribution in [3.8, 4) is 0 Å². The highest BCUT2D eigenvalue weighted by Crippen LogP contribution is 2.36. The Morgan fingerprint density at radius 3 is 2.77 bits per heavy atom. The van der Waals surface area contributed by atoms with Gasteiger partial charge in [0.15, 0.2) is 0 Å². The zero-order chi connectivity index (χ0) is 27.2. The van der Waals surface area contributed by atoms with E-state index < -0.39 is 6.17 Å². The quantitative estimate of drug-likeness (QED) is 0.280. The smallest absolute Gasteiger partial charge is 0.227 e. The minimum Gasteiger partial charge on any atom is -0.306 e. The number of anilines is 1. The molecule has 0 spiro atoms. The summed E-state index contributed by atoms with van der Waals surface area (Å²) in [6, 6.07) is 22.8. The van der Waals surface area contributed by atoms with Crippen LogP contribution in [0.25, 0.3) is 0 Å². The summed E-state index contributed by atoms with van der Waals surface area (Å²) in [5.74, 6) is 0.193. The largest absolute Gasteiger partial charge is 0.306 e. The summed E-state index contributed by atoms with van der Waals surface area (Å²) in [5.41, 5.74) is 6.43. The first-order chi connectivity index (χ1) is 19.0. The molecule has 1 aromatic heterocycles. The molecule has 2 unspecified atom stereocenters. The third-order valence-corrected chi connectivity index (χ3v) is 8.45. The van der Waals surface area contributed by atoms with Gasteiger partial charge in [-0.1, -0.05) is 55.5 Å². The van der Waals surface area contributed by atoms with Crippen LogP contribution in [0.4, 0.5) is 10.1 Å². The zero-order valence-corrected chi connectivity index (χ0v) is 23.5. The molecule has 5 rings (SSSR count). The summed E-state index contributed by atoms with van der Waals surface area (Å²) in [6.07, 6.45) is 8.54. The lowest BCUT2D eigenvalue weighted by Crippen LogP contribution is -2.32. The van der Waals surface area contributed by atoms with Crippen LogP contribution in [-0.4, -0.2) is 17.1 Å². The average Bonchev–Trinajstić information content (AvgIpc) is 2.96. The number of fused-ring (bicyclic) bond motifs is 1. The minimum atomic E-state index is -0.886. The Kier molecular flexibility index (Phi) is 8.95. The van der Waals surface area contributed by atoms with E-state index in [2.05, 4.69) is 42.0 Å². The number of amides is 1. The van der Waals surface area contributed by atoms with Crippen molar-refractivity contribution in [3.63, 3.8) is 0 Å². The number of rotatable bonds is 9. The number of aromatic nitrogens is 1. The number of alkyl halides is 1. The van der Waals surface area contributed by atoms with Crippen molar-refractivity contribution < 1.29 is 9.18 Å². The molecule has 0 aliphatic heterocycles. The number of carbonyl (C=O) groups excluding carboxylic acids is 1. The molecule has 0 bridgehead atoms. The zero-order valence-electron chi connectivity index (χ0n) is 22.6. The summed E-state index contributed by atoms with van der Waals surface area (Å²) >= 11 is 1.57. The molecular weight excluding hydrogens is 505 g/mol. The number of hydrogen-bond acceptors (Lipinski definition) is 4. The number of carbonyl (C=O) groups is 1. The second-order valence-corrected chi connectivity index (χ2v) is 11.4. The maximum absolute atomic E-state index is 13.9. The van der Waals surface area contributed by atoms with Gasteiger partial charge in [-0.2, -0.15) is 0 Å². The van der Waals surface area contributed by atoms with Crippen molar-refractivity contribution in [2.75, 3.05) is 4.90 Å². The first kappa shape index (κ1) is 27.4. The van der Waals surface area contributed by atoms with E-state index in [1.165, 1.54) is 11.1 Å². The molecule has 2 aliphatic carbocycles. The predicted octanol–water partition coefficient (Wildman–Crippen LogP) is 7.91. The molecule has 0 fully saturated rings. The number of halogens is 1. The molecule has 3 atom stereocenters. The Bertz CT molecular complexity index is 1360. The lowest BCUT2D eigenvalue weighted by molar-refractivity contribution is -0.119. The standard InChI is InChI=1S/C33H36FN3OS/c1-23(25-9-4-3-5-10-25)20-33(38)37(22-28-12-6-8-24(2)35-28)29-17-14-26-11-7-13-32(31(26)21-29)36-39-30-18-15-27(34)16-19-30/h3-6,8-10,12,14-15,17-19,21,23,27,32,36H,7,11,13,16,20,22H2,1-2H3/t23-,27?,32?/m0/s1. The molecule has 1 heterocycles. The van der Waals surface area contributed by atoms with Gasteiger partial charge in [0, 0.05) is 35.2 Å². The molecule has 202 valence electrons. The molecule has 2 aliphatic rings. The van der Waals surface area contributed by atoms with Crippen LogP contribution in [0.5, 0.6) is 0 Å². The molecule has 2 aromatic carbocycles. The Morgan fingerprint density at radius 1 is 1.15 bits per heavy atom. The first-order valence-electron chi connectivity index (χ1n) is 13.8. The molecular formula is C33H36FN3OS. The summed E-state index contributed by atoms with van der Waals surface area (Å²) < 4.78 is 17.1. The number of aryl methyl sites for hydroxylation is 2. The van der Waals surface area contributed by atoms with E-state index >= 15 is 0 Å². The fraction of sp³-hybridized carbons (Fsp3) is 0.333. The fourth-order valence-corrected chi connectivity index (χ4v) is 6.16. The van der Waals surface area contributed by atoms with Gasteiger partial charge < -0.3 is 4.90 Å². The average molecular weight is 542 g/mol. The molecule has 0 saturated carbocycles. The number of nitrogens with zero attached hydrogens (tertiary/aromatic N) is 2. The van der Waals surface area contributed by atoms with Crippen molar-refractivity contribution in [2.24, 2.45) is 0 Å². The van der Waals surface area contributed by atoms with Crippen LogP contribution in [0.3, 0.4) is 0 Å². The molecule has 0 radical (unpaired) electrons. The highest BCUT2D eigenvalue weighted by molar-refractivity contribution is 8.01. The van der Waals surface area contributed by atoms with E-state index in [-0.39, 0.29) is 17.9 Å². The highest BCUT2D eigenvalue weighted by atomic mass is 32.2. The van der Waals surface area contributed by atoms with Gasteiger partial charge in [-0.25, -0.2) is 4.39 Å². The van der Waals surface area contributed by atoms with Gasteiger partial charge in [0.25, 0.3) is 0 Å². The maximum Gasteiger partial charge on any atom is 0.227 e. The summed E-state index contributed by atoms with van der Waals surface area (Å²) in [4.78, 5) is 21.5. The van der Waals surface area contributed by atoms with Crippen LogP contribution >= 0.6 is 11.9 Å². The molecule has 1 N–H and O–H groups in total. The van der Waals surface area contributed by atoms with Gasteiger partial charge in [0.1, 0.15) is 6.17 Å². The van der Waals surface area contributed by atoms with E-state index in [0.29, 0.717) is 19.4 Å². The second-order valence-electron chi connectivity index (χ2n) is 10.5. The summed E-state index contributed by atoms with van der Waals surface area (Å²) in [6.45, 7) is 4.51. The SMILES string of the molecule is Cc1cccc(CN(C(=O)C[C@H](C)c2ccccc2)c2ccc3c(c2)C(NSC2=CCC(F)C=C2)CCC3)n1. The van der Waals surface area contributed by atoms with Gasteiger partial charge in [-0.15, -0.1) is 0 Å². The minimum absolute atomic E-state index is 0.0857. The number of allylic oxidation sites excluding steroid dienone is 3. The Labute approximate surface area is 235 Å². The van der Waals surface area contributed by atoms with Crippen molar-refractivity contribution in [1.29, 1.82) is 0 Å². The maximum atomic E-state index is 13.9. The van der Waals surface area contributed by atoms with Gasteiger partial charge in [0.05, 0.1) is 12.2 Å². The molecule has 39 heavy (non-hydrogen) atoms. The number of pyridine rings is 1. The normalized spacial score (nSPS) is 19.2. The van der Waals surface area contributed by atoms with Crippen LogP contribution in [0.15, 0.2) is 89.9 Å². The van der Waals surface area contributed by atoms with Crippen LogP contribution in [-0.2, 0) is 17.8 Å². The molecule has 0 saturated heterocycles. The fourth-order valence-electron chi connectivity index (χ4n) is 5.31. The van der Waals surface area contributed by atoms with Crippen LogP contribution in [0, 0.1) is 6.92 Å². The number of benzene rings is 2. The predicted molar refractivity (Wildman–Crippen MR) is 159 cm³/mol. The van der Waals surface area contributed by atoms with Crippen molar-refractivity contribution >= 4 is 23.5 Å². The molecule has 4 nitrogen and oxygen atoms in total. The van der Waals surface area contributed by atoms with Crippen molar-refractivity contribution in [1.82, 2.24) is 9.71 Å². The Hall–Kier alpha value is -3.22. The molecule has 3 aromatic rings. The van der Waals surface area contributed by atoms with Gasteiger partial charge in [0.2, 0.25) is 5.91 Å². The van der Waals surface area contributed by atoms with Gasteiger partial charge >= 0.3 is 0 Å². The summed E-state index contributed by atoms with van der Waals surface area (Å²) in [7, 11) is 0. The van der Waals surface area contributed by atoms with Crippen molar-refractivity contribution in [2.45, 2.75) is 70.6 Å². The topological polar surface area (TPSA) is 45.2 Å². The van der Waals surface area contributed by atoms with Crippen molar-refractivity contribution in [3.05, 3.63) is 118 Å². The number of nitrogens with one attached hydrogen (secondary N) is 1. The van der Waals surface area contributed by atoms with E-state index in [1.807, 2.05) is 60.4 Å². The lowest BCUT2D eigenvalue weighted by atomic mass is 9.87. The Balaban J connectivity index is 1.40. The van der Waals surface area contributed by atoms with Gasteiger partial charge in [-0.3, -0.25) is 14.5 Å². The van der Waals surface area contributed by atoms with Crippen LogP contribution in [0.2, 0.25) is 0 Å². The van der Waals surface area contributed by atoms with Gasteiger partial charge in [-0.05, 0) is 97.2 Å². The lowest BCUT2D eigenvalue weighted by Gasteiger charge is -2.30. The third-order valence-electron chi connectivity index (χ3n) is 7.50. The second kappa shape index (κ2) is 12.8. The van der Waals surface area contributed by atoms with E-state index in [1.54, 1.807) is 18.0 Å². The van der Waals surface area contributed by atoms with E-state index in [4.69, 9.17) is 4.98 Å². The van der Waals surface area contributed by atoms with E-state index in [0.717, 1.165) is 46.8 Å². The summed E-state index contributed by atoms with van der Waals surface area (Å²) in [5, 5.41) is 0. The first-order valence-corrected chi connectivity index (χ1v) is 14.6.